The minimum Gasteiger partial charge on any atom is -0.389 e. The molecule has 0 aromatic carbocycles. The van der Waals surface area contributed by atoms with Gasteiger partial charge in [-0.1, -0.05) is 0 Å². The number of rotatable bonds is 4. The van der Waals surface area contributed by atoms with E-state index in [0.717, 1.165) is 18.2 Å². The van der Waals surface area contributed by atoms with Gasteiger partial charge < -0.3 is 19.8 Å². The van der Waals surface area contributed by atoms with E-state index in [-0.39, 0.29) is 5.88 Å². The minimum atomic E-state index is -1.02. The van der Waals surface area contributed by atoms with Crippen molar-refractivity contribution in [2.45, 2.75) is 12.2 Å². The van der Waals surface area contributed by atoms with Crippen molar-refractivity contribution in [2.75, 3.05) is 37.1 Å². The number of morpholine rings is 1. The number of alkyl halides is 1. The largest absolute Gasteiger partial charge is 0.389 e. The van der Waals surface area contributed by atoms with Crippen LogP contribution in [0.4, 0.5) is 5.13 Å². The van der Waals surface area contributed by atoms with E-state index in [9.17, 15) is 10.2 Å². The number of hydrogen-bond donors (Lipinski definition) is 2. The molecular formula is C10H15ClN2O3S. The van der Waals surface area contributed by atoms with Crippen LogP contribution in [0.25, 0.3) is 0 Å². The molecule has 1 aromatic heterocycles. The molecule has 2 N–H and O–H groups in total. The fraction of sp³-hybridized carbons (Fsp3) is 0.700. The van der Waals surface area contributed by atoms with Crippen LogP contribution in [0.2, 0.25) is 0 Å². The Morgan fingerprint density at radius 1 is 1.47 bits per heavy atom. The molecule has 17 heavy (non-hydrogen) atoms. The Kier molecular flexibility index (Phi) is 4.58. The lowest BCUT2D eigenvalue weighted by atomic mass is 10.2. The molecule has 0 radical (unpaired) electrons. The first-order chi connectivity index (χ1) is 8.22. The molecule has 7 heteroatoms. The fourth-order valence-electron chi connectivity index (χ4n) is 1.59. The third-order valence-electron chi connectivity index (χ3n) is 2.62. The van der Waals surface area contributed by atoms with Crippen LogP contribution in [0, 0.1) is 0 Å². The van der Waals surface area contributed by atoms with Crippen molar-refractivity contribution in [1.82, 2.24) is 4.98 Å². The molecular weight excluding hydrogens is 264 g/mol. The van der Waals surface area contributed by atoms with Gasteiger partial charge in [-0.25, -0.2) is 4.98 Å². The molecule has 0 bridgehead atoms. The number of nitrogens with zero attached hydrogens (tertiary/aromatic N) is 2. The summed E-state index contributed by atoms with van der Waals surface area (Å²) in [5.74, 6) is -0.00835. The third kappa shape index (κ3) is 3.08. The Morgan fingerprint density at radius 2 is 2.18 bits per heavy atom. The normalized spacial score (nSPS) is 20.3. The standard InChI is InChI=1S/C10H15ClN2O3S/c11-5-8(14)9(15)7-6-17-10(12-7)13-1-3-16-4-2-13/h6,8-9,14-15H,1-5H2. The van der Waals surface area contributed by atoms with Crippen LogP contribution in [0.1, 0.15) is 11.8 Å². The molecule has 5 nitrogen and oxygen atoms in total. The quantitative estimate of drug-likeness (QED) is 0.790. The first-order valence-electron chi connectivity index (χ1n) is 5.42. The van der Waals surface area contributed by atoms with Gasteiger partial charge in [-0.3, -0.25) is 0 Å². The molecule has 2 rings (SSSR count). The van der Waals surface area contributed by atoms with Gasteiger partial charge in [0.1, 0.15) is 6.10 Å². The van der Waals surface area contributed by atoms with Crippen molar-refractivity contribution >= 4 is 28.1 Å². The summed E-state index contributed by atoms with van der Waals surface area (Å²) in [6.07, 6.45) is -1.99. The molecule has 96 valence electrons. The van der Waals surface area contributed by atoms with E-state index in [0.29, 0.717) is 18.9 Å². The highest BCUT2D eigenvalue weighted by atomic mass is 35.5. The molecule has 2 unspecified atom stereocenters. The Labute approximate surface area is 109 Å². The summed E-state index contributed by atoms with van der Waals surface area (Å²) in [6.45, 7) is 3.01. The fourth-order valence-corrected chi connectivity index (χ4v) is 2.67. The van der Waals surface area contributed by atoms with Gasteiger partial charge >= 0.3 is 0 Å². The number of hydrogen-bond acceptors (Lipinski definition) is 6. The second kappa shape index (κ2) is 5.97. The molecule has 2 atom stereocenters. The first-order valence-corrected chi connectivity index (χ1v) is 6.84. The average molecular weight is 279 g/mol. The lowest BCUT2D eigenvalue weighted by molar-refractivity contribution is 0.0304. The van der Waals surface area contributed by atoms with Crippen molar-refractivity contribution in [3.05, 3.63) is 11.1 Å². The zero-order chi connectivity index (χ0) is 12.3. The summed E-state index contributed by atoms with van der Waals surface area (Å²) >= 11 is 6.95. The van der Waals surface area contributed by atoms with Crippen LogP contribution in [0.3, 0.4) is 0 Å². The zero-order valence-electron chi connectivity index (χ0n) is 9.25. The highest BCUT2D eigenvalue weighted by Crippen LogP contribution is 2.26. The van der Waals surface area contributed by atoms with E-state index in [4.69, 9.17) is 16.3 Å². The molecule has 0 aliphatic carbocycles. The number of aliphatic hydroxyl groups is 2. The minimum absolute atomic E-state index is 0.00835. The topological polar surface area (TPSA) is 65.8 Å². The van der Waals surface area contributed by atoms with Crippen molar-refractivity contribution in [2.24, 2.45) is 0 Å². The monoisotopic (exact) mass is 278 g/mol. The SMILES string of the molecule is OC(CCl)C(O)c1csc(N2CCOCC2)n1. The van der Waals surface area contributed by atoms with Crippen LogP contribution in [-0.2, 0) is 4.74 Å². The summed E-state index contributed by atoms with van der Waals surface area (Å²) in [7, 11) is 0. The molecule has 1 aliphatic heterocycles. The summed E-state index contributed by atoms with van der Waals surface area (Å²) in [5.41, 5.74) is 0.477. The maximum absolute atomic E-state index is 9.77. The number of ether oxygens (including phenoxy) is 1. The number of thiazole rings is 1. The molecule has 0 amide bonds. The van der Waals surface area contributed by atoms with Crippen LogP contribution in [-0.4, -0.2) is 53.5 Å². The maximum Gasteiger partial charge on any atom is 0.185 e. The third-order valence-corrected chi connectivity index (χ3v) is 3.85. The zero-order valence-corrected chi connectivity index (χ0v) is 10.8. The molecule has 2 heterocycles. The average Bonchev–Trinajstić information content (AvgIpc) is 2.87. The number of aliphatic hydroxyl groups excluding tert-OH is 2. The van der Waals surface area contributed by atoms with E-state index in [2.05, 4.69) is 9.88 Å². The van der Waals surface area contributed by atoms with Gasteiger partial charge in [-0.15, -0.1) is 22.9 Å². The van der Waals surface area contributed by atoms with Crippen LogP contribution < -0.4 is 4.90 Å². The molecule has 0 saturated carbocycles. The Morgan fingerprint density at radius 3 is 2.82 bits per heavy atom. The lowest BCUT2D eigenvalue weighted by Crippen LogP contribution is -2.36. The summed E-state index contributed by atoms with van der Waals surface area (Å²) in [4.78, 5) is 6.43. The van der Waals surface area contributed by atoms with Crippen molar-refractivity contribution in [3.63, 3.8) is 0 Å². The van der Waals surface area contributed by atoms with Crippen molar-refractivity contribution in [3.8, 4) is 0 Å². The van der Waals surface area contributed by atoms with Crippen LogP contribution in [0.15, 0.2) is 5.38 Å². The number of halogens is 1. The van der Waals surface area contributed by atoms with E-state index in [1.54, 1.807) is 5.38 Å². The Bertz CT molecular complexity index is 341. The highest BCUT2D eigenvalue weighted by Gasteiger charge is 2.22. The summed E-state index contributed by atoms with van der Waals surface area (Å²) < 4.78 is 5.26. The van der Waals surface area contributed by atoms with Gasteiger partial charge in [0.05, 0.1) is 30.9 Å². The number of aromatic nitrogens is 1. The molecule has 0 spiro atoms. The second-order valence-electron chi connectivity index (χ2n) is 3.82. The predicted molar refractivity (Wildman–Crippen MR) is 66.8 cm³/mol. The number of anilines is 1. The van der Waals surface area contributed by atoms with Gasteiger partial charge in [-0.05, 0) is 0 Å². The summed E-state index contributed by atoms with van der Waals surface area (Å²) in [6, 6.07) is 0. The molecule has 1 fully saturated rings. The Balaban J connectivity index is 2.04. The van der Waals surface area contributed by atoms with Crippen molar-refractivity contribution < 1.29 is 14.9 Å². The maximum atomic E-state index is 9.77. The van der Waals surface area contributed by atoms with Crippen molar-refractivity contribution in [1.29, 1.82) is 0 Å². The van der Waals surface area contributed by atoms with E-state index < -0.39 is 12.2 Å². The molecule has 1 saturated heterocycles. The second-order valence-corrected chi connectivity index (χ2v) is 4.97. The van der Waals surface area contributed by atoms with Gasteiger partial charge in [0.2, 0.25) is 0 Å². The van der Waals surface area contributed by atoms with Gasteiger partial charge in [0, 0.05) is 18.5 Å². The van der Waals surface area contributed by atoms with E-state index in [1.165, 1.54) is 11.3 Å². The van der Waals surface area contributed by atoms with E-state index in [1.807, 2.05) is 0 Å². The van der Waals surface area contributed by atoms with Gasteiger partial charge in [-0.2, -0.15) is 0 Å². The summed E-state index contributed by atoms with van der Waals surface area (Å²) in [5, 5.41) is 21.8. The Hall–Kier alpha value is -0.400. The first kappa shape index (κ1) is 13.0. The van der Waals surface area contributed by atoms with Gasteiger partial charge in [0.25, 0.3) is 0 Å². The van der Waals surface area contributed by atoms with E-state index >= 15 is 0 Å². The van der Waals surface area contributed by atoms with Crippen LogP contribution in [0.5, 0.6) is 0 Å². The van der Waals surface area contributed by atoms with Gasteiger partial charge in [0.15, 0.2) is 5.13 Å². The molecule has 1 aromatic rings. The lowest BCUT2D eigenvalue weighted by Gasteiger charge is -2.26. The van der Waals surface area contributed by atoms with Crippen LogP contribution >= 0.6 is 22.9 Å². The smallest absolute Gasteiger partial charge is 0.185 e. The molecule has 1 aliphatic rings. The predicted octanol–water partition coefficient (Wildman–Crippen LogP) is 0.613. The highest BCUT2D eigenvalue weighted by molar-refractivity contribution is 7.13.